The molecule has 1 heterocycles. The van der Waals surface area contributed by atoms with Gasteiger partial charge in [0.15, 0.2) is 0 Å². The number of hydrogen-bond donors (Lipinski definition) is 0. The van der Waals surface area contributed by atoms with E-state index in [1.807, 2.05) is 0 Å². The Balaban J connectivity index is 1.88. The first kappa shape index (κ1) is 13.7. The van der Waals surface area contributed by atoms with E-state index in [1.54, 1.807) is 4.90 Å². The van der Waals surface area contributed by atoms with Crippen LogP contribution in [0.15, 0.2) is 18.2 Å². The molecule has 0 radical (unpaired) electrons. The lowest BCUT2D eigenvalue weighted by molar-refractivity contribution is -0.137. The van der Waals surface area contributed by atoms with E-state index >= 15 is 0 Å². The van der Waals surface area contributed by atoms with Crippen LogP contribution >= 0.6 is 11.6 Å². The number of carbonyl (C=O) groups is 1. The smallest absolute Gasteiger partial charge is 0.338 e. The highest BCUT2D eigenvalue weighted by atomic mass is 35.5. The summed E-state index contributed by atoms with van der Waals surface area (Å²) >= 11 is 5.89. The number of amides is 1. The minimum Gasteiger partial charge on any atom is -0.338 e. The summed E-state index contributed by atoms with van der Waals surface area (Å²) < 4.78 is 38.1. The highest BCUT2D eigenvalue weighted by molar-refractivity contribution is 6.33. The molecule has 2 aliphatic rings. The molecule has 1 saturated heterocycles. The third-order valence-corrected chi connectivity index (χ3v) is 4.67. The van der Waals surface area contributed by atoms with Crippen LogP contribution in [0, 0.1) is 11.3 Å². The Kier molecular flexibility index (Phi) is 2.84. The van der Waals surface area contributed by atoms with Gasteiger partial charge in [0.2, 0.25) is 0 Å². The summed E-state index contributed by atoms with van der Waals surface area (Å²) in [5.74, 6) is 0.0746. The highest BCUT2D eigenvalue weighted by Gasteiger charge is 2.57. The minimum absolute atomic E-state index is 0.0635. The van der Waals surface area contributed by atoms with Crippen molar-refractivity contribution in [2.24, 2.45) is 11.3 Å². The number of likely N-dealkylation sites (tertiary alicyclic amines) is 1. The first-order valence-corrected chi connectivity index (χ1v) is 6.74. The van der Waals surface area contributed by atoms with Gasteiger partial charge in [0.25, 0.3) is 5.91 Å². The molecule has 0 N–H and O–H groups in total. The molecule has 6 heteroatoms. The number of benzene rings is 1. The number of nitrogens with zero attached hydrogens (tertiary/aromatic N) is 1. The zero-order valence-corrected chi connectivity index (χ0v) is 11.6. The molecule has 1 saturated carbocycles. The van der Waals surface area contributed by atoms with Gasteiger partial charge in [-0.2, -0.15) is 13.2 Å². The summed E-state index contributed by atoms with van der Waals surface area (Å²) in [5, 5.41) is 0.0636. The molecule has 1 amide bonds. The maximum absolute atomic E-state index is 12.7. The third kappa shape index (κ3) is 2.18. The van der Waals surface area contributed by atoms with Crippen molar-refractivity contribution in [2.45, 2.75) is 19.5 Å². The summed E-state index contributed by atoms with van der Waals surface area (Å²) in [5.41, 5.74) is -0.753. The Labute approximate surface area is 119 Å². The fourth-order valence-corrected chi connectivity index (χ4v) is 3.14. The van der Waals surface area contributed by atoms with Crippen molar-refractivity contribution in [1.82, 2.24) is 4.90 Å². The van der Waals surface area contributed by atoms with Crippen molar-refractivity contribution in [2.75, 3.05) is 13.1 Å². The highest BCUT2D eigenvalue weighted by Crippen LogP contribution is 2.57. The van der Waals surface area contributed by atoms with Crippen LogP contribution in [0.5, 0.6) is 0 Å². The first-order valence-electron chi connectivity index (χ1n) is 6.37. The largest absolute Gasteiger partial charge is 0.416 e. The fourth-order valence-electron chi connectivity index (χ4n) is 2.94. The number of halogens is 4. The molecule has 0 aromatic heterocycles. The fraction of sp³-hybridized carbons (Fsp3) is 0.500. The second-order valence-corrected chi connectivity index (χ2v) is 6.34. The molecule has 1 aliphatic carbocycles. The van der Waals surface area contributed by atoms with Crippen molar-refractivity contribution in [3.63, 3.8) is 0 Å². The van der Waals surface area contributed by atoms with Crippen LogP contribution in [-0.2, 0) is 6.18 Å². The monoisotopic (exact) mass is 303 g/mol. The van der Waals surface area contributed by atoms with Crippen LogP contribution in [0.2, 0.25) is 5.02 Å². The van der Waals surface area contributed by atoms with Crippen molar-refractivity contribution < 1.29 is 18.0 Å². The zero-order valence-electron chi connectivity index (χ0n) is 10.8. The van der Waals surface area contributed by atoms with Crippen molar-refractivity contribution in [1.29, 1.82) is 0 Å². The Morgan fingerprint density at radius 1 is 1.45 bits per heavy atom. The van der Waals surface area contributed by atoms with Gasteiger partial charge in [-0.15, -0.1) is 0 Å². The predicted molar refractivity (Wildman–Crippen MR) is 68.6 cm³/mol. The number of piperidine rings is 1. The molecule has 1 aromatic rings. The van der Waals surface area contributed by atoms with Gasteiger partial charge in [0.05, 0.1) is 16.1 Å². The van der Waals surface area contributed by atoms with Crippen molar-refractivity contribution >= 4 is 17.5 Å². The Hall–Kier alpha value is -1.23. The predicted octanol–water partition coefficient (Wildman–Crippen LogP) is 3.84. The molecule has 108 valence electrons. The molecule has 1 aromatic carbocycles. The number of fused-ring (bicyclic) bond motifs is 1. The van der Waals surface area contributed by atoms with Crippen LogP contribution < -0.4 is 0 Å². The van der Waals surface area contributed by atoms with Crippen molar-refractivity contribution in [3.05, 3.63) is 34.3 Å². The van der Waals surface area contributed by atoms with Crippen LogP contribution in [-0.4, -0.2) is 23.9 Å². The van der Waals surface area contributed by atoms with Crippen LogP contribution in [0.25, 0.3) is 0 Å². The Morgan fingerprint density at radius 3 is 2.70 bits per heavy atom. The molecular formula is C14H13ClF3NO. The van der Waals surface area contributed by atoms with E-state index in [0.717, 1.165) is 24.6 Å². The molecule has 0 spiro atoms. The van der Waals surface area contributed by atoms with Crippen LogP contribution in [0.4, 0.5) is 13.2 Å². The number of alkyl halides is 3. The van der Waals surface area contributed by atoms with E-state index in [2.05, 4.69) is 6.92 Å². The first-order chi connectivity index (χ1) is 9.21. The molecule has 2 nitrogen and oxygen atoms in total. The van der Waals surface area contributed by atoms with Gasteiger partial charge in [-0.3, -0.25) is 4.79 Å². The average Bonchev–Trinajstić information content (AvgIpc) is 2.86. The Morgan fingerprint density at radius 2 is 2.15 bits per heavy atom. The zero-order chi connectivity index (χ0) is 14.7. The van der Waals surface area contributed by atoms with Gasteiger partial charge in [0, 0.05) is 13.1 Å². The molecule has 1 aliphatic heterocycles. The molecule has 3 rings (SSSR count). The quantitative estimate of drug-likeness (QED) is 0.772. The van der Waals surface area contributed by atoms with E-state index in [1.165, 1.54) is 0 Å². The van der Waals surface area contributed by atoms with Crippen molar-refractivity contribution in [3.8, 4) is 0 Å². The van der Waals surface area contributed by atoms with E-state index in [4.69, 9.17) is 11.6 Å². The average molecular weight is 304 g/mol. The van der Waals surface area contributed by atoms with Gasteiger partial charge < -0.3 is 4.90 Å². The molecule has 20 heavy (non-hydrogen) atoms. The number of carbonyl (C=O) groups excluding carboxylic acids is 1. The summed E-state index contributed by atoms with van der Waals surface area (Å²) in [6.07, 6.45) is -3.38. The molecular weight excluding hydrogens is 291 g/mol. The second-order valence-electron chi connectivity index (χ2n) is 5.93. The Bertz CT molecular complexity index is 586. The van der Waals surface area contributed by atoms with E-state index in [0.29, 0.717) is 19.0 Å². The van der Waals surface area contributed by atoms with Gasteiger partial charge >= 0.3 is 6.18 Å². The van der Waals surface area contributed by atoms with Gasteiger partial charge in [-0.05, 0) is 36.0 Å². The number of rotatable bonds is 1. The summed E-state index contributed by atoms with van der Waals surface area (Å²) in [6, 6.07) is 2.87. The maximum atomic E-state index is 12.7. The minimum atomic E-state index is -4.47. The molecule has 2 fully saturated rings. The second kappa shape index (κ2) is 4.13. The molecule has 2 atom stereocenters. The van der Waals surface area contributed by atoms with E-state index < -0.39 is 17.6 Å². The topological polar surface area (TPSA) is 20.3 Å². The lowest BCUT2D eigenvalue weighted by Crippen LogP contribution is -2.31. The third-order valence-electron chi connectivity index (χ3n) is 4.34. The summed E-state index contributed by atoms with van der Waals surface area (Å²) in [7, 11) is 0. The van der Waals surface area contributed by atoms with Gasteiger partial charge in [0.1, 0.15) is 0 Å². The van der Waals surface area contributed by atoms with Crippen LogP contribution in [0.3, 0.4) is 0 Å². The standard InChI is InChI=1S/C14H13ClF3NO/c1-13-5-9(13)6-19(7-13)12(20)10-4-8(14(16,17)18)2-3-11(10)15/h2-4,9H,5-7H2,1H3. The van der Waals surface area contributed by atoms with Gasteiger partial charge in [-0.1, -0.05) is 18.5 Å². The summed E-state index contributed by atoms with van der Waals surface area (Å²) in [6.45, 7) is 3.31. The van der Waals surface area contributed by atoms with E-state index in [-0.39, 0.29) is 16.0 Å². The number of hydrogen-bond acceptors (Lipinski definition) is 1. The lowest BCUT2D eigenvalue weighted by atomic mass is 10.1. The van der Waals surface area contributed by atoms with Crippen LogP contribution in [0.1, 0.15) is 29.3 Å². The SMILES string of the molecule is CC12CC1CN(C(=O)c1cc(C(F)(F)F)ccc1Cl)C2. The van der Waals surface area contributed by atoms with Gasteiger partial charge in [-0.25, -0.2) is 0 Å². The van der Waals surface area contributed by atoms with E-state index in [9.17, 15) is 18.0 Å². The normalized spacial score (nSPS) is 28.4. The summed E-state index contributed by atoms with van der Waals surface area (Å²) in [4.78, 5) is 13.9. The molecule has 2 unspecified atom stereocenters. The maximum Gasteiger partial charge on any atom is 0.416 e. The lowest BCUT2D eigenvalue weighted by Gasteiger charge is -2.20. The molecule has 0 bridgehead atoms.